The second kappa shape index (κ2) is 7.35. The molecule has 1 atom stereocenters. The summed E-state index contributed by atoms with van der Waals surface area (Å²) >= 11 is 0. The molecule has 3 aromatic heterocycles. The third-order valence-electron chi connectivity index (χ3n) is 5.44. The highest BCUT2D eigenvalue weighted by molar-refractivity contribution is 6.06. The number of carbonyl (C=O) groups is 1. The van der Waals surface area contributed by atoms with E-state index < -0.39 is 0 Å². The Kier molecular flexibility index (Phi) is 4.89. The van der Waals surface area contributed by atoms with Gasteiger partial charge in [0.25, 0.3) is 5.91 Å². The summed E-state index contributed by atoms with van der Waals surface area (Å²) in [6.45, 7) is 5.78. The highest BCUT2D eigenvalue weighted by Gasteiger charge is 2.29. The summed E-state index contributed by atoms with van der Waals surface area (Å²) in [5.74, 6) is 0.247. The Hall–Kier alpha value is -2.74. The number of pyridine rings is 1. The summed E-state index contributed by atoms with van der Waals surface area (Å²) in [6, 6.07) is 3.87. The quantitative estimate of drug-likeness (QED) is 0.743. The second-order valence-electron chi connectivity index (χ2n) is 7.54. The van der Waals surface area contributed by atoms with Crippen molar-refractivity contribution in [3.05, 3.63) is 41.0 Å². The van der Waals surface area contributed by atoms with Gasteiger partial charge >= 0.3 is 0 Å². The van der Waals surface area contributed by atoms with E-state index in [-0.39, 0.29) is 18.4 Å². The van der Waals surface area contributed by atoms with E-state index in [1.807, 2.05) is 44.1 Å². The molecule has 1 N–H and O–H groups in total. The number of carbonyl (C=O) groups excluding carboxylic acids is 1. The van der Waals surface area contributed by atoms with Gasteiger partial charge in [0.1, 0.15) is 0 Å². The SMILES string of the molecule is Cc1cc(C(=O)N2CCCC(c3ccn(CCO)n3)C2)c2c(C)nn(C)c2n1. The molecule has 8 heteroatoms. The Morgan fingerprint density at radius 2 is 2.14 bits per heavy atom. The lowest BCUT2D eigenvalue weighted by Gasteiger charge is -2.32. The van der Waals surface area contributed by atoms with Crippen LogP contribution in [0.5, 0.6) is 0 Å². The van der Waals surface area contributed by atoms with Crippen LogP contribution in [0.15, 0.2) is 18.3 Å². The van der Waals surface area contributed by atoms with Gasteiger partial charge in [-0.2, -0.15) is 10.2 Å². The van der Waals surface area contributed by atoms with E-state index in [0.29, 0.717) is 18.7 Å². The van der Waals surface area contributed by atoms with Crippen molar-refractivity contribution in [1.29, 1.82) is 0 Å². The van der Waals surface area contributed by atoms with Crippen molar-refractivity contribution < 1.29 is 9.90 Å². The molecule has 8 nitrogen and oxygen atoms in total. The second-order valence-corrected chi connectivity index (χ2v) is 7.54. The van der Waals surface area contributed by atoms with Gasteiger partial charge in [0.15, 0.2) is 5.65 Å². The third kappa shape index (κ3) is 3.28. The van der Waals surface area contributed by atoms with E-state index in [2.05, 4.69) is 15.2 Å². The van der Waals surface area contributed by atoms with Crippen molar-refractivity contribution in [3.8, 4) is 0 Å². The number of nitrogens with zero attached hydrogens (tertiary/aromatic N) is 6. The minimum atomic E-state index is 0.0334. The van der Waals surface area contributed by atoms with Crippen molar-refractivity contribution in [2.24, 2.45) is 7.05 Å². The molecule has 0 aromatic carbocycles. The van der Waals surface area contributed by atoms with E-state index in [1.54, 1.807) is 9.36 Å². The van der Waals surface area contributed by atoms with Crippen LogP contribution in [-0.4, -0.2) is 60.2 Å². The minimum absolute atomic E-state index is 0.0334. The zero-order valence-corrected chi connectivity index (χ0v) is 16.6. The standard InChI is InChI=1S/C20H26N6O2/c1-13-11-16(18-14(2)22-24(3)19(18)21-13)20(28)25-7-4-5-15(12-25)17-6-8-26(23-17)9-10-27/h6,8,11,15,27H,4-5,7,9-10,12H2,1-3H3. The molecule has 1 fully saturated rings. The van der Waals surface area contributed by atoms with Crippen LogP contribution >= 0.6 is 0 Å². The molecule has 1 aliphatic rings. The average molecular weight is 382 g/mol. The number of piperidine rings is 1. The summed E-state index contributed by atoms with van der Waals surface area (Å²) in [7, 11) is 1.86. The van der Waals surface area contributed by atoms with E-state index in [1.165, 1.54) is 0 Å². The number of likely N-dealkylation sites (tertiary alicyclic amines) is 1. The van der Waals surface area contributed by atoms with Gasteiger partial charge in [-0.25, -0.2) is 4.98 Å². The molecule has 1 saturated heterocycles. The van der Waals surface area contributed by atoms with Crippen LogP contribution in [0.3, 0.4) is 0 Å². The Labute approximate surface area is 163 Å². The number of aryl methyl sites for hydroxylation is 3. The molecule has 1 aliphatic heterocycles. The topological polar surface area (TPSA) is 89.1 Å². The monoisotopic (exact) mass is 382 g/mol. The Bertz CT molecular complexity index is 1020. The molecule has 148 valence electrons. The van der Waals surface area contributed by atoms with Crippen LogP contribution in [0.1, 0.15) is 46.2 Å². The van der Waals surface area contributed by atoms with Gasteiger partial charge in [-0.15, -0.1) is 0 Å². The number of hydrogen-bond acceptors (Lipinski definition) is 5. The lowest BCUT2D eigenvalue weighted by molar-refractivity contribution is 0.0707. The molecule has 0 saturated carbocycles. The smallest absolute Gasteiger partial charge is 0.254 e. The first-order valence-corrected chi connectivity index (χ1v) is 9.72. The highest BCUT2D eigenvalue weighted by atomic mass is 16.3. The Balaban J connectivity index is 1.62. The number of rotatable bonds is 4. The van der Waals surface area contributed by atoms with Crippen LogP contribution < -0.4 is 0 Å². The molecule has 3 aromatic rings. The fourth-order valence-electron chi connectivity index (χ4n) is 4.13. The molecule has 0 spiro atoms. The van der Waals surface area contributed by atoms with Gasteiger partial charge in [0.05, 0.1) is 35.5 Å². The molecule has 1 unspecified atom stereocenters. The first kappa shape index (κ1) is 18.6. The summed E-state index contributed by atoms with van der Waals surface area (Å²) in [4.78, 5) is 19.9. The van der Waals surface area contributed by atoms with Crippen LogP contribution in [0.25, 0.3) is 11.0 Å². The van der Waals surface area contributed by atoms with Gasteiger partial charge in [-0.3, -0.25) is 14.2 Å². The number of aliphatic hydroxyl groups is 1. The van der Waals surface area contributed by atoms with E-state index in [0.717, 1.165) is 47.5 Å². The van der Waals surface area contributed by atoms with E-state index in [9.17, 15) is 4.79 Å². The summed E-state index contributed by atoms with van der Waals surface area (Å²) < 4.78 is 3.49. The van der Waals surface area contributed by atoms with Gasteiger partial charge < -0.3 is 10.0 Å². The number of amides is 1. The predicted octanol–water partition coefficient (Wildman–Crippen LogP) is 1.79. The van der Waals surface area contributed by atoms with Crippen LogP contribution in [0, 0.1) is 13.8 Å². The minimum Gasteiger partial charge on any atom is -0.394 e. The zero-order valence-electron chi connectivity index (χ0n) is 16.6. The third-order valence-corrected chi connectivity index (χ3v) is 5.44. The summed E-state index contributed by atoms with van der Waals surface area (Å²) in [6.07, 6.45) is 3.85. The molecule has 1 amide bonds. The van der Waals surface area contributed by atoms with Crippen LogP contribution in [0.4, 0.5) is 0 Å². The molecule has 0 bridgehead atoms. The van der Waals surface area contributed by atoms with Crippen LogP contribution in [-0.2, 0) is 13.6 Å². The van der Waals surface area contributed by atoms with Crippen molar-refractivity contribution >= 4 is 16.9 Å². The molecular weight excluding hydrogens is 356 g/mol. The van der Waals surface area contributed by atoms with Crippen LogP contribution in [0.2, 0.25) is 0 Å². The molecule has 28 heavy (non-hydrogen) atoms. The number of fused-ring (bicyclic) bond motifs is 1. The lowest BCUT2D eigenvalue weighted by atomic mass is 9.94. The summed E-state index contributed by atoms with van der Waals surface area (Å²) in [5.41, 5.74) is 4.05. The highest BCUT2D eigenvalue weighted by Crippen LogP contribution is 2.29. The number of hydrogen-bond donors (Lipinski definition) is 1. The lowest BCUT2D eigenvalue weighted by Crippen LogP contribution is -2.39. The Morgan fingerprint density at radius 3 is 2.93 bits per heavy atom. The molecule has 0 radical (unpaired) electrons. The fraction of sp³-hybridized carbons (Fsp3) is 0.500. The maximum absolute atomic E-state index is 13.4. The fourth-order valence-corrected chi connectivity index (χ4v) is 4.13. The Morgan fingerprint density at radius 1 is 1.32 bits per heavy atom. The first-order chi connectivity index (χ1) is 13.5. The van der Waals surface area contributed by atoms with Crippen molar-refractivity contribution in [2.75, 3.05) is 19.7 Å². The maximum Gasteiger partial charge on any atom is 0.254 e. The normalized spacial score (nSPS) is 17.4. The van der Waals surface area contributed by atoms with Gasteiger partial charge in [0.2, 0.25) is 0 Å². The van der Waals surface area contributed by atoms with Crippen molar-refractivity contribution in [2.45, 2.75) is 39.2 Å². The zero-order chi connectivity index (χ0) is 19.8. The van der Waals surface area contributed by atoms with Gasteiger partial charge in [-0.1, -0.05) is 0 Å². The van der Waals surface area contributed by atoms with Gasteiger partial charge in [0, 0.05) is 37.9 Å². The molecule has 0 aliphatic carbocycles. The number of aliphatic hydroxyl groups excluding tert-OH is 1. The predicted molar refractivity (Wildman–Crippen MR) is 105 cm³/mol. The van der Waals surface area contributed by atoms with E-state index >= 15 is 0 Å². The average Bonchev–Trinajstić information content (AvgIpc) is 3.26. The van der Waals surface area contributed by atoms with Gasteiger partial charge in [-0.05, 0) is 38.8 Å². The first-order valence-electron chi connectivity index (χ1n) is 9.72. The molecular formula is C20H26N6O2. The molecule has 4 heterocycles. The van der Waals surface area contributed by atoms with Crippen molar-refractivity contribution in [1.82, 2.24) is 29.4 Å². The largest absolute Gasteiger partial charge is 0.394 e. The van der Waals surface area contributed by atoms with E-state index in [4.69, 9.17) is 5.11 Å². The summed E-state index contributed by atoms with van der Waals surface area (Å²) in [5, 5.41) is 18.9. The molecule has 4 rings (SSSR count). The number of aromatic nitrogens is 5. The van der Waals surface area contributed by atoms with Crippen molar-refractivity contribution in [3.63, 3.8) is 0 Å². The maximum atomic E-state index is 13.4.